The minimum atomic E-state index is -0.573. The maximum Gasteiger partial charge on any atom is 0.306 e. The summed E-state index contributed by atoms with van der Waals surface area (Å²) in [6.45, 7) is 0.333. The van der Waals surface area contributed by atoms with Crippen molar-refractivity contribution in [3.05, 3.63) is 83.4 Å². The molecule has 4 rings (SSSR count). The van der Waals surface area contributed by atoms with E-state index in [1.165, 1.54) is 0 Å². The molecule has 0 aliphatic carbocycles. The lowest BCUT2D eigenvalue weighted by molar-refractivity contribution is -0.145. The molecule has 0 saturated carbocycles. The molecular formula is C28H32N2O5. The van der Waals surface area contributed by atoms with Crippen LogP contribution in [-0.2, 0) is 32.1 Å². The summed E-state index contributed by atoms with van der Waals surface area (Å²) in [5.41, 5.74) is 3.04. The summed E-state index contributed by atoms with van der Waals surface area (Å²) >= 11 is 0. The van der Waals surface area contributed by atoms with E-state index in [4.69, 9.17) is 4.74 Å². The number of aliphatic hydroxyl groups is 1. The Labute approximate surface area is 205 Å². The lowest BCUT2D eigenvalue weighted by Gasteiger charge is -2.36. The number of nitrogens with zero attached hydrogens (tertiary/aromatic N) is 1. The van der Waals surface area contributed by atoms with Crippen LogP contribution in [0.3, 0.4) is 0 Å². The SMILES string of the molecule is O=C1CCC=CC[C@H](CC(=O)N2Cc3ccccc3C[C@H]2CO)C(=O)N[C@H](c2ccccc2)CO1. The number of ether oxygens (including phenoxy) is 1. The smallest absolute Gasteiger partial charge is 0.306 e. The third-order valence-electron chi connectivity index (χ3n) is 6.71. The highest BCUT2D eigenvalue weighted by Crippen LogP contribution is 2.26. The zero-order chi connectivity index (χ0) is 24.6. The van der Waals surface area contributed by atoms with Crippen molar-refractivity contribution < 1.29 is 24.2 Å². The van der Waals surface area contributed by atoms with E-state index in [-0.39, 0.29) is 49.9 Å². The highest BCUT2D eigenvalue weighted by molar-refractivity contribution is 5.86. The molecule has 2 heterocycles. The quantitative estimate of drug-likeness (QED) is 0.522. The van der Waals surface area contributed by atoms with Gasteiger partial charge in [-0.1, -0.05) is 66.7 Å². The minimum absolute atomic E-state index is 0.0362. The molecule has 2 aromatic rings. The first-order chi connectivity index (χ1) is 17.0. The van der Waals surface area contributed by atoms with Crippen LogP contribution in [-0.4, -0.2) is 47.0 Å². The standard InChI is InChI=1S/C28H32N2O5/c31-18-24-15-21-11-7-8-13-23(21)17-30(24)26(32)16-22-12-5-2-6-14-27(33)35-19-25(29-28(22)34)20-9-3-1-4-10-20/h1-5,7-11,13,22,24-25,31H,6,12,14-19H2,(H,29,34)/t22-,24+,25+/m1/s1. The molecule has 0 spiro atoms. The number of rotatable bonds is 4. The first kappa shape index (κ1) is 24.7. The number of benzene rings is 2. The number of amides is 2. The number of carbonyl (C=O) groups is 3. The molecule has 7 heteroatoms. The van der Waals surface area contributed by atoms with Crippen LogP contribution in [0.15, 0.2) is 66.7 Å². The summed E-state index contributed by atoms with van der Waals surface area (Å²) in [5.74, 6) is -1.29. The normalized spacial score (nSPS) is 23.3. The molecule has 184 valence electrons. The summed E-state index contributed by atoms with van der Waals surface area (Å²) in [5, 5.41) is 13.0. The lowest BCUT2D eigenvalue weighted by atomic mass is 9.92. The van der Waals surface area contributed by atoms with Gasteiger partial charge in [-0.3, -0.25) is 14.4 Å². The fourth-order valence-corrected chi connectivity index (χ4v) is 4.68. The van der Waals surface area contributed by atoms with Crippen molar-refractivity contribution in [2.45, 2.75) is 50.7 Å². The molecule has 0 bridgehead atoms. The second-order valence-electron chi connectivity index (χ2n) is 9.13. The molecule has 2 amide bonds. The van der Waals surface area contributed by atoms with Crippen LogP contribution in [0.2, 0.25) is 0 Å². The van der Waals surface area contributed by atoms with Crippen LogP contribution in [0.5, 0.6) is 0 Å². The van der Waals surface area contributed by atoms with Gasteiger partial charge in [0.15, 0.2) is 0 Å². The predicted octanol–water partition coefficient (Wildman–Crippen LogP) is 3.08. The average Bonchev–Trinajstić information content (AvgIpc) is 2.88. The fraction of sp³-hybridized carbons (Fsp3) is 0.393. The number of cyclic esters (lactones) is 1. The van der Waals surface area contributed by atoms with Gasteiger partial charge in [0.1, 0.15) is 6.61 Å². The van der Waals surface area contributed by atoms with Gasteiger partial charge < -0.3 is 20.1 Å². The Morgan fingerprint density at radius 3 is 2.54 bits per heavy atom. The maximum absolute atomic E-state index is 13.4. The lowest BCUT2D eigenvalue weighted by Crippen LogP contribution is -2.47. The van der Waals surface area contributed by atoms with E-state index in [0.717, 1.165) is 16.7 Å². The van der Waals surface area contributed by atoms with Gasteiger partial charge in [0.05, 0.1) is 24.6 Å². The van der Waals surface area contributed by atoms with E-state index in [2.05, 4.69) is 5.32 Å². The summed E-state index contributed by atoms with van der Waals surface area (Å²) in [6, 6.07) is 16.5. The zero-order valence-corrected chi connectivity index (χ0v) is 19.8. The minimum Gasteiger partial charge on any atom is -0.463 e. The highest BCUT2D eigenvalue weighted by atomic mass is 16.5. The molecule has 0 radical (unpaired) electrons. The van der Waals surface area contributed by atoms with Gasteiger partial charge in [0.25, 0.3) is 0 Å². The number of nitrogens with one attached hydrogen (secondary N) is 1. The van der Waals surface area contributed by atoms with Crippen molar-refractivity contribution >= 4 is 17.8 Å². The molecule has 35 heavy (non-hydrogen) atoms. The largest absolute Gasteiger partial charge is 0.463 e. The van der Waals surface area contributed by atoms with E-state index in [9.17, 15) is 19.5 Å². The zero-order valence-electron chi connectivity index (χ0n) is 19.8. The van der Waals surface area contributed by atoms with Gasteiger partial charge in [-0.2, -0.15) is 0 Å². The van der Waals surface area contributed by atoms with E-state index in [1.807, 2.05) is 66.7 Å². The molecule has 2 aliphatic heterocycles. The number of aliphatic hydroxyl groups excluding tert-OH is 1. The molecule has 2 aromatic carbocycles. The first-order valence-electron chi connectivity index (χ1n) is 12.2. The van der Waals surface area contributed by atoms with Gasteiger partial charge in [-0.05, 0) is 36.0 Å². The van der Waals surface area contributed by atoms with Crippen LogP contribution >= 0.6 is 0 Å². The molecular weight excluding hydrogens is 444 g/mol. The Bertz CT molecular complexity index is 1070. The number of fused-ring (bicyclic) bond motifs is 1. The van der Waals surface area contributed by atoms with Crippen LogP contribution in [0.1, 0.15) is 48.4 Å². The molecule has 0 unspecified atom stereocenters. The van der Waals surface area contributed by atoms with Crippen molar-refractivity contribution in [1.82, 2.24) is 10.2 Å². The Balaban J connectivity index is 1.52. The third-order valence-corrected chi connectivity index (χ3v) is 6.71. The Morgan fingerprint density at radius 1 is 1.03 bits per heavy atom. The third kappa shape index (κ3) is 6.36. The second kappa shape index (κ2) is 11.8. The molecule has 2 aliphatic rings. The van der Waals surface area contributed by atoms with Gasteiger partial charge in [-0.25, -0.2) is 0 Å². The maximum atomic E-state index is 13.4. The van der Waals surface area contributed by atoms with Crippen molar-refractivity contribution in [2.24, 2.45) is 5.92 Å². The van der Waals surface area contributed by atoms with Crippen LogP contribution < -0.4 is 5.32 Å². The monoisotopic (exact) mass is 476 g/mol. The Morgan fingerprint density at radius 2 is 1.77 bits per heavy atom. The number of allylic oxidation sites excluding steroid dienone is 2. The number of hydrogen-bond donors (Lipinski definition) is 2. The topological polar surface area (TPSA) is 95.9 Å². The number of esters is 1. The average molecular weight is 477 g/mol. The first-order valence-corrected chi connectivity index (χ1v) is 12.2. The highest BCUT2D eigenvalue weighted by Gasteiger charge is 2.32. The summed E-state index contributed by atoms with van der Waals surface area (Å²) in [7, 11) is 0. The van der Waals surface area contributed by atoms with Crippen LogP contribution in [0, 0.1) is 5.92 Å². The molecule has 0 fully saturated rings. The van der Waals surface area contributed by atoms with E-state index in [1.54, 1.807) is 4.90 Å². The molecule has 2 N–H and O–H groups in total. The molecule has 3 atom stereocenters. The molecule has 0 saturated heterocycles. The Kier molecular flexibility index (Phi) is 8.32. The van der Waals surface area contributed by atoms with Gasteiger partial charge >= 0.3 is 5.97 Å². The van der Waals surface area contributed by atoms with Gasteiger partial charge in [0, 0.05) is 19.4 Å². The fourth-order valence-electron chi connectivity index (χ4n) is 4.68. The van der Waals surface area contributed by atoms with Crippen molar-refractivity contribution in [2.75, 3.05) is 13.2 Å². The molecule has 7 nitrogen and oxygen atoms in total. The van der Waals surface area contributed by atoms with Crippen molar-refractivity contribution in [3.63, 3.8) is 0 Å². The number of carbonyl (C=O) groups excluding carboxylic acids is 3. The van der Waals surface area contributed by atoms with E-state index >= 15 is 0 Å². The van der Waals surface area contributed by atoms with Gasteiger partial charge in [-0.15, -0.1) is 0 Å². The summed E-state index contributed by atoms with van der Waals surface area (Å²) in [4.78, 5) is 40.5. The van der Waals surface area contributed by atoms with Crippen molar-refractivity contribution in [3.8, 4) is 0 Å². The summed E-state index contributed by atoms with van der Waals surface area (Å²) in [6.07, 6.45) is 5.53. The Hall–Kier alpha value is -3.45. The number of hydrogen-bond acceptors (Lipinski definition) is 5. The van der Waals surface area contributed by atoms with E-state index in [0.29, 0.717) is 25.8 Å². The van der Waals surface area contributed by atoms with Gasteiger partial charge in [0.2, 0.25) is 11.8 Å². The van der Waals surface area contributed by atoms with Crippen molar-refractivity contribution in [1.29, 1.82) is 0 Å². The predicted molar refractivity (Wildman–Crippen MR) is 131 cm³/mol. The van der Waals surface area contributed by atoms with Crippen LogP contribution in [0.25, 0.3) is 0 Å². The molecule has 0 aromatic heterocycles. The summed E-state index contributed by atoms with van der Waals surface area (Å²) < 4.78 is 5.41. The van der Waals surface area contributed by atoms with E-state index < -0.39 is 12.0 Å². The van der Waals surface area contributed by atoms with Crippen LogP contribution in [0.4, 0.5) is 0 Å². The second-order valence-corrected chi connectivity index (χ2v) is 9.13.